The molecule has 3 N–H and O–H groups in total. The Bertz CT molecular complexity index is 353. The highest BCUT2D eigenvalue weighted by Crippen LogP contribution is 2.09. The van der Waals surface area contributed by atoms with Crippen molar-refractivity contribution in [3.8, 4) is 0 Å². The smallest absolute Gasteiger partial charge is 0.144 e. The summed E-state index contributed by atoms with van der Waals surface area (Å²) < 4.78 is 0. The van der Waals surface area contributed by atoms with Gasteiger partial charge in [-0.25, -0.2) is 9.97 Å². The molecule has 0 saturated carbocycles. The summed E-state index contributed by atoms with van der Waals surface area (Å²) in [6.07, 6.45) is 0. The van der Waals surface area contributed by atoms with Gasteiger partial charge in [0.25, 0.3) is 0 Å². The fraction of sp³-hybridized carbons (Fsp3) is 0.667. The Morgan fingerprint density at radius 3 is 2.53 bits per heavy atom. The third-order valence-electron chi connectivity index (χ3n) is 2.34. The summed E-state index contributed by atoms with van der Waals surface area (Å²) in [4.78, 5) is 10.6. The van der Waals surface area contributed by atoms with Crippen LogP contribution >= 0.6 is 0 Å². The van der Waals surface area contributed by atoms with Crippen LogP contribution in [0.1, 0.15) is 32.3 Å². The summed E-state index contributed by atoms with van der Waals surface area (Å²) in [5, 5.41) is 9.80. The van der Waals surface area contributed by atoms with Crippen molar-refractivity contribution < 1.29 is 5.11 Å². The van der Waals surface area contributed by atoms with Gasteiger partial charge in [0.05, 0.1) is 12.1 Å². The molecule has 0 radical (unpaired) electrons. The van der Waals surface area contributed by atoms with Crippen molar-refractivity contribution in [2.45, 2.75) is 39.8 Å². The van der Waals surface area contributed by atoms with Crippen molar-refractivity contribution in [2.24, 2.45) is 0 Å². The highest BCUT2D eigenvalue weighted by atomic mass is 16.3. The quantitative estimate of drug-likeness (QED) is 0.799. The SMILES string of the molecule is CCN(Cc1nc(C)cc(N)n1)CC(C)(C)O. The molecule has 0 bridgehead atoms. The van der Waals surface area contributed by atoms with Gasteiger partial charge in [0.2, 0.25) is 0 Å². The molecular weight excluding hydrogens is 216 g/mol. The summed E-state index contributed by atoms with van der Waals surface area (Å²) in [6, 6.07) is 1.75. The topological polar surface area (TPSA) is 75.3 Å². The lowest BCUT2D eigenvalue weighted by Crippen LogP contribution is -2.38. The van der Waals surface area contributed by atoms with Gasteiger partial charge >= 0.3 is 0 Å². The number of hydrogen-bond acceptors (Lipinski definition) is 5. The van der Waals surface area contributed by atoms with Gasteiger partial charge in [-0.05, 0) is 27.3 Å². The number of aryl methyl sites for hydroxylation is 1. The molecule has 1 heterocycles. The minimum Gasteiger partial charge on any atom is -0.389 e. The molecule has 0 unspecified atom stereocenters. The van der Waals surface area contributed by atoms with Crippen molar-refractivity contribution >= 4 is 5.82 Å². The average molecular weight is 238 g/mol. The monoisotopic (exact) mass is 238 g/mol. The highest BCUT2D eigenvalue weighted by Gasteiger charge is 2.18. The van der Waals surface area contributed by atoms with E-state index in [1.807, 2.05) is 13.8 Å². The van der Waals surface area contributed by atoms with Crippen LogP contribution in [-0.4, -0.2) is 38.7 Å². The summed E-state index contributed by atoms with van der Waals surface area (Å²) in [6.45, 7) is 9.55. The molecule has 1 rings (SSSR count). The molecule has 0 aromatic carbocycles. The van der Waals surface area contributed by atoms with Gasteiger partial charge in [0.15, 0.2) is 0 Å². The second-order valence-electron chi connectivity index (χ2n) is 4.97. The first-order valence-electron chi connectivity index (χ1n) is 5.85. The Hall–Kier alpha value is -1.20. The molecule has 1 aromatic rings. The second-order valence-corrected chi connectivity index (χ2v) is 4.97. The molecule has 0 aliphatic carbocycles. The molecule has 0 amide bonds. The zero-order valence-electron chi connectivity index (χ0n) is 11.1. The van der Waals surface area contributed by atoms with Gasteiger partial charge in [0, 0.05) is 18.3 Å². The molecule has 96 valence electrons. The standard InChI is InChI=1S/C12H22N4O/c1-5-16(8-12(3,4)17)7-11-14-9(2)6-10(13)15-11/h6,17H,5,7-8H2,1-4H3,(H2,13,14,15). The fourth-order valence-electron chi connectivity index (χ4n) is 1.75. The number of nitrogens with zero attached hydrogens (tertiary/aromatic N) is 3. The summed E-state index contributed by atoms with van der Waals surface area (Å²) in [5.41, 5.74) is 5.84. The zero-order valence-corrected chi connectivity index (χ0v) is 11.1. The van der Waals surface area contributed by atoms with Crippen LogP contribution in [-0.2, 0) is 6.54 Å². The maximum Gasteiger partial charge on any atom is 0.144 e. The number of aromatic nitrogens is 2. The lowest BCUT2D eigenvalue weighted by atomic mass is 10.1. The van der Waals surface area contributed by atoms with Gasteiger partial charge in [-0.2, -0.15) is 0 Å². The van der Waals surface area contributed by atoms with Crippen molar-refractivity contribution in [2.75, 3.05) is 18.8 Å². The molecule has 0 saturated heterocycles. The summed E-state index contributed by atoms with van der Waals surface area (Å²) >= 11 is 0. The Morgan fingerprint density at radius 1 is 1.41 bits per heavy atom. The van der Waals surface area contributed by atoms with E-state index in [1.165, 1.54) is 0 Å². The maximum absolute atomic E-state index is 9.80. The molecule has 5 nitrogen and oxygen atoms in total. The number of aliphatic hydroxyl groups is 1. The van der Waals surface area contributed by atoms with E-state index in [-0.39, 0.29) is 0 Å². The van der Waals surface area contributed by atoms with Gasteiger partial charge in [0.1, 0.15) is 11.6 Å². The van der Waals surface area contributed by atoms with Crippen LogP contribution in [0.5, 0.6) is 0 Å². The number of nitrogens with two attached hydrogens (primary N) is 1. The maximum atomic E-state index is 9.80. The Kier molecular flexibility index (Phi) is 4.42. The zero-order chi connectivity index (χ0) is 13.1. The van der Waals surface area contributed by atoms with Crippen molar-refractivity contribution in [3.05, 3.63) is 17.6 Å². The van der Waals surface area contributed by atoms with Crippen molar-refractivity contribution in [1.82, 2.24) is 14.9 Å². The molecule has 17 heavy (non-hydrogen) atoms. The van der Waals surface area contributed by atoms with Crippen molar-refractivity contribution in [1.29, 1.82) is 0 Å². The predicted molar refractivity (Wildman–Crippen MR) is 68.4 cm³/mol. The minimum atomic E-state index is -0.717. The number of rotatable bonds is 5. The van der Waals surface area contributed by atoms with Crippen LogP contribution in [0.3, 0.4) is 0 Å². The molecule has 0 aliphatic heterocycles. The first-order chi connectivity index (χ1) is 7.80. The molecule has 0 spiro atoms. The molecule has 5 heteroatoms. The third kappa shape index (κ3) is 5.10. The lowest BCUT2D eigenvalue weighted by molar-refractivity contribution is 0.0346. The van der Waals surface area contributed by atoms with E-state index in [2.05, 4.69) is 14.9 Å². The molecule has 0 atom stereocenters. The van der Waals surface area contributed by atoms with Gasteiger partial charge in [-0.1, -0.05) is 6.92 Å². The van der Waals surface area contributed by atoms with E-state index in [4.69, 9.17) is 5.73 Å². The Labute approximate surface area is 103 Å². The summed E-state index contributed by atoms with van der Waals surface area (Å²) in [7, 11) is 0. The van der Waals surface area contributed by atoms with E-state index < -0.39 is 5.60 Å². The van der Waals surface area contributed by atoms with Crippen LogP contribution in [0, 0.1) is 6.92 Å². The first kappa shape index (κ1) is 13.9. The van der Waals surface area contributed by atoms with E-state index in [0.717, 1.165) is 12.2 Å². The van der Waals surface area contributed by atoms with Gasteiger partial charge < -0.3 is 10.8 Å². The van der Waals surface area contributed by atoms with Gasteiger partial charge in [-0.3, -0.25) is 4.90 Å². The first-order valence-corrected chi connectivity index (χ1v) is 5.85. The lowest BCUT2D eigenvalue weighted by Gasteiger charge is -2.27. The number of hydrogen-bond donors (Lipinski definition) is 2. The van der Waals surface area contributed by atoms with Crippen LogP contribution in [0.2, 0.25) is 0 Å². The van der Waals surface area contributed by atoms with E-state index in [0.29, 0.717) is 24.7 Å². The van der Waals surface area contributed by atoms with Crippen molar-refractivity contribution in [3.63, 3.8) is 0 Å². The van der Waals surface area contributed by atoms with Crippen LogP contribution in [0.25, 0.3) is 0 Å². The molecular formula is C12H22N4O. The van der Waals surface area contributed by atoms with Crippen LogP contribution < -0.4 is 5.73 Å². The fourth-order valence-corrected chi connectivity index (χ4v) is 1.75. The van der Waals surface area contributed by atoms with Crippen LogP contribution in [0.15, 0.2) is 6.07 Å². The van der Waals surface area contributed by atoms with E-state index >= 15 is 0 Å². The molecule has 0 aliphatic rings. The van der Waals surface area contributed by atoms with Crippen LogP contribution in [0.4, 0.5) is 5.82 Å². The highest BCUT2D eigenvalue weighted by molar-refractivity contribution is 5.29. The average Bonchev–Trinajstić information content (AvgIpc) is 2.12. The summed E-state index contributed by atoms with van der Waals surface area (Å²) in [5.74, 6) is 1.19. The second kappa shape index (κ2) is 5.42. The van der Waals surface area contributed by atoms with Gasteiger partial charge in [-0.15, -0.1) is 0 Å². The third-order valence-corrected chi connectivity index (χ3v) is 2.34. The molecule has 0 fully saturated rings. The predicted octanol–water partition coefficient (Wildman–Crippen LogP) is 0.960. The van der Waals surface area contributed by atoms with E-state index in [1.54, 1.807) is 19.9 Å². The number of anilines is 1. The minimum absolute atomic E-state index is 0.492. The number of likely N-dealkylation sites (N-methyl/N-ethyl adjacent to an activating group) is 1. The Balaban J connectivity index is 2.73. The normalized spacial score (nSPS) is 12.1. The Morgan fingerprint density at radius 2 is 2.06 bits per heavy atom. The largest absolute Gasteiger partial charge is 0.389 e. The number of nitrogen functional groups attached to an aromatic ring is 1. The molecule has 1 aromatic heterocycles. The van der Waals surface area contributed by atoms with E-state index in [9.17, 15) is 5.11 Å².